The van der Waals surface area contributed by atoms with Crippen molar-refractivity contribution in [1.29, 1.82) is 0 Å². The number of hydrogen-bond donors (Lipinski definition) is 1. The SMILES string of the molecule is CCc1ccc(/C(O)=C2/C(=O)C(=O)N(CCc3ccc(OC)cc3)C2c2ccccc2OC)cc1. The van der Waals surface area contributed by atoms with Crippen molar-refractivity contribution >= 4 is 17.4 Å². The number of amides is 1. The van der Waals surface area contributed by atoms with Gasteiger partial charge in [0.25, 0.3) is 11.7 Å². The Hall–Kier alpha value is -4.06. The second-order valence-electron chi connectivity index (χ2n) is 8.38. The third kappa shape index (κ3) is 4.78. The molecule has 180 valence electrons. The summed E-state index contributed by atoms with van der Waals surface area (Å²) in [6.07, 6.45) is 1.39. The number of nitrogens with zero attached hydrogens (tertiary/aromatic N) is 1. The van der Waals surface area contributed by atoms with E-state index < -0.39 is 17.7 Å². The van der Waals surface area contributed by atoms with Crippen LogP contribution in [0, 0.1) is 0 Å². The minimum atomic E-state index is -0.768. The molecule has 1 fully saturated rings. The molecule has 0 spiro atoms. The lowest BCUT2D eigenvalue weighted by Gasteiger charge is -2.26. The van der Waals surface area contributed by atoms with Crippen LogP contribution in [0.4, 0.5) is 0 Å². The van der Waals surface area contributed by atoms with E-state index in [0.29, 0.717) is 29.8 Å². The predicted molar refractivity (Wildman–Crippen MR) is 135 cm³/mol. The van der Waals surface area contributed by atoms with Crippen LogP contribution in [0.2, 0.25) is 0 Å². The van der Waals surface area contributed by atoms with E-state index in [0.717, 1.165) is 23.3 Å². The first-order valence-electron chi connectivity index (χ1n) is 11.6. The van der Waals surface area contributed by atoms with Crippen LogP contribution in [0.3, 0.4) is 0 Å². The zero-order chi connectivity index (χ0) is 24.9. The number of ketones is 1. The summed E-state index contributed by atoms with van der Waals surface area (Å²) in [5.74, 6) is -0.235. The topological polar surface area (TPSA) is 76.1 Å². The van der Waals surface area contributed by atoms with Gasteiger partial charge in [-0.3, -0.25) is 9.59 Å². The van der Waals surface area contributed by atoms with Gasteiger partial charge in [-0.15, -0.1) is 0 Å². The number of rotatable bonds is 8. The summed E-state index contributed by atoms with van der Waals surface area (Å²) in [7, 11) is 3.16. The molecular weight excluding hydrogens is 442 g/mol. The second-order valence-corrected chi connectivity index (χ2v) is 8.38. The van der Waals surface area contributed by atoms with E-state index in [9.17, 15) is 14.7 Å². The molecule has 6 heteroatoms. The summed E-state index contributed by atoms with van der Waals surface area (Å²) in [5, 5.41) is 11.3. The highest BCUT2D eigenvalue weighted by Crippen LogP contribution is 2.42. The van der Waals surface area contributed by atoms with Gasteiger partial charge in [0.05, 0.1) is 25.8 Å². The maximum absolute atomic E-state index is 13.3. The molecule has 1 aliphatic rings. The average Bonchev–Trinajstić information content (AvgIpc) is 3.16. The van der Waals surface area contributed by atoms with Crippen LogP contribution >= 0.6 is 0 Å². The standard InChI is InChI=1S/C29H29NO5/c1-4-19-9-13-21(14-10-19)27(31)25-26(23-7-5-6-8-24(23)35-3)30(29(33)28(25)32)18-17-20-11-15-22(34-2)16-12-20/h5-16,26,31H,4,17-18H2,1-3H3/b27-25-. The number of Topliss-reactive ketones (excluding diaryl/α,β-unsaturated/α-hetero) is 1. The van der Waals surface area contributed by atoms with Crippen LogP contribution in [0.1, 0.15) is 35.2 Å². The first kappa shape index (κ1) is 24.1. The largest absolute Gasteiger partial charge is 0.507 e. The fraction of sp³-hybridized carbons (Fsp3) is 0.241. The molecule has 0 radical (unpaired) electrons. The van der Waals surface area contributed by atoms with E-state index in [2.05, 4.69) is 0 Å². The smallest absolute Gasteiger partial charge is 0.295 e. The predicted octanol–water partition coefficient (Wildman–Crippen LogP) is 4.93. The molecule has 1 amide bonds. The number of ether oxygens (including phenoxy) is 2. The number of carbonyl (C=O) groups is 2. The van der Waals surface area contributed by atoms with E-state index in [1.165, 1.54) is 4.90 Å². The molecule has 1 heterocycles. The first-order valence-corrected chi connectivity index (χ1v) is 11.6. The number of methoxy groups -OCH3 is 2. The fourth-order valence-corrected chi connectivity index (χ4v) is 4.42. The van der Waals surface area contributed by atoms with Gasteiger partial charge < -0.3 is 19.5 Å². The quantitative estimate of drug-likeness (QED) is 0.286. The van der Waals surface area contributed by atoms with E-state index in [1.54, 1.807) is 32.4 Å². The summed E-state index contributed by atoms with van der Waals surface area (Å²) in [4.78, 5) is 28.0. The van der Waals surface area contributed by atoms with Gasteiger partial charge in [-0.2, -0.15) is 0 Å². The van der Waals surface area contributed by atoms with Crippen LogP contribution in [-0.2, 0) is 22.4 Å². The van der Waals surface area contributed by atoms with Crippen molar-refractivity contribution in [1.82, 2.24) is 4.90 Å². The van der Waals surface area contributed by atoms with Gasteiger partial charge in [-0.05, 0) is 42.2 Å². The summed E-state index contributed by atoms with van der Waals surface area (Å²) < 4.78 is 10.8. The second kappa shape index (κ2) is 10.5. The Morgan fingerprint density at radius 1 is 0.886 bits per heavy atom. The number of hydrogen-bond acceptors (Lipinski definition) is 5. The van der Waals surface area contributed by atoms with Gasteiger partial charge in [0.15, 0.2) is 0 Å². The fourth-order valence-electron chi connectivity index (χ4n) is 4.42. The molecule has 1 N–H and O–H groups in total. The molecule has 0 aliphatic carbocycles. The van der Waals surface area contributed by atoms with E-state index in [1.807, 2.05) is 61.5 Å². The minimum Gasteiger partial charge on any atom is -0.507 e. The summed E-state index contributed by atoms with van der Waals surface area (Å²) in [5.41, 5.74) is 3.33. The zero-order valence-electron chi connectivity index (χ0n) is 20.2. The monoisotopic (exact) mass is 471 g/mol. The van der Waals surface area contributed by atoms with Gasteiger partial charge in [-0.1, -0.05) is 61.5 Å². The van der Waals surface area contributed by atoms with E-state index in [4.69, 9.17) is 9.47 Å². The van der Waals surface area contributed by atoms with E-state index in [-0.39, 0.29) is 11.3 Å². The lowest BCUT2D eigenvalue weighted by atomic mass is 9.94. The zero-order valence-corrected chi connectivity index (χ0v) is 20.2. The van der Waals surface area contributed by atoms with Crippen molar-refractivity contribution in [2.75, 3.05) is 20.8 Å². The van der Waals surface area contributed by atoms with Crippen molar-refractivity contribution in [2.24, 2.45) is 0 Å². The molecule has 0 saturated carbocycles. The number of para-hydroxylation sites is 1. The lowest BCUT2D eigenvalue weighted by molar-refractivity contribution is -0.139. The highest BCUT2D eigenvalue weighted by atomic mass is 16.5. The molecule has 0 bridgehead atoms. The number of aliphatic hydroxyl groups excluding tert-OH is 1. The van der Waals surface area contributed by atoms with Crippen LogP contribution in [0.25, 0.3) is 5.76 Å². The van der Waals surface area contributed by atoms with Gasteiger partial charge in [-0.25, -0.2) is 0 Å². The first-order chi connectivity index (χ1) is 17.0. The molecule has 1 unspecified atom stereocenters. The molecular formula is C29H29NO5. The molecule has 6 nitrogen and oxygen atoms in total. The lowest BCUT2D eigenvalue weighted by Crippen LogP contribution is -2.31. The molecule has 1 aliphatic heterocycles. The van der Waals surface area contributed by atoms with Crippen molar-refractivity contribution in [3.05, 3.63) is 101 Å². The molecule has 0 aromatic heterocycles. The van der Waals surface area contributed by atoms with Crippen molar-refractivity contribution < 1.29 is 24.2 Å². The molecule has 1 saturated heterocycles. The molecule has 3 aromatic rings. The maximum atomic E-state index is 13.3. The van der Waals surface area contributed by atoms with Gasteiger partial charge in [0.2, 0.25) is 0 Å². The normalized spacial score (nSPS) is 17.0. The Bertz CT molecular complexity index is 1240. The number of carbonyl (C=O) groups excluding carboxylic acids is 2. The number of aryl methyl sites for hydroxylation is 1. The van der Waals surface area contributed by atoms with E-state index >= 15 is 0 Å². The number of benzene rings is 3. The summed E-state index contributed by atoms with van der Waals surface area (Å²) >= 11 is 0. The molecule has 1 atom stereocenters. The van der Waals surface area contributed by atoms with Crippen molar-refractivity contribution in [3.63, 3.8) is 0 Å². The highest BCUT2D eigenvalue weighted by molar-refractivity contribution is 6.46. The molecule has 3 aromatic carbocycles. The van der Waals surface area contributed by atoms with Gasteiger partial charge in [0.1, 0.15) is 17.3 Å². The van der Waals surface area contributed by atoms with Gasteiger partial charge in [0, 0.05) is 17.7 Å². The Kier molecular flexibility index (Phi) is 7.20. The highest BCUT2D eigenvalue weighted by Gasteiger charge is 2.46. The Balaban J connectivity index is 1.77. The number of aliphatic hydroxyl groups is 1. The Morgan fingerprint density at radius 2 is 1.54 bits per heavy atom. The van der Waals surface area contributed by atoms with Gasteiger partial charge >= 0.3 is 0 Å². The summed E-state index contributed by atoms with van der Waals surface area (Å²) in [6, 6.07) is 21.5. The average molecular weight is 472 g/mol. The third-order valence-corrected chi connectivity index (χ3v) is 6.41. The maximum Gasteiger partial charge on any atom is 0.295 e. The molecule has 35 heavy (non-hydrogen) atoms. The van der Waals surface area contributed by atoms with Crippen LogP contribution in [0.15, 0.2) is 78.4 Å². The van der Waals surface area contributed by atoms with Crippen LogP contribution in [0.5, 0.6) is 11.5 Å². The Morgan fingerprint density at radius 3 is 2.17 bits per heavy atom. The molecule has 4 rings (SSSR count). The minimum absolute atomic E-state index is 0.0680. The van der Waals surface area contributed by atoms with Crippen molar-refractivity contribution in [3.8, 4) is 11.5 Å². The van der Waals surface area contributed by atoms with Crippen LogP contribution < -0.4 is 9.47 Å². The number of likely N-dealkylation sites (tertiary alicyclic amines) is 1. The third-order valence-electron chi connectivity index (χ3n) is 6.41. The van der Waals surface area contributed by atoms with Crippen LogP contribution in [-0.4, -0.2) is 42.5 Å². The Labute approximate surface area is 205 Å². The summed E-state index contributed by atoms with van der Waals surface area (Å²) in [6.45, 7) is 2.34. The van der Waals surface area contributed by atoms with Crippen molar-refractivity contribution in [2.45, 2.75) is 25.8 Å².